The summed E-state index contributed by atoms with van der Waals surface area (Å²) >= 11 is -0.850. The normalized spacial score (nSPS) is 16.8. The standard InChI is InChI=1S/C21H16P.C10H15.2ClH.Zr/c1-3-11-19(12-4-1)22(20-13-5-2-6-14-20)21-15-17-9-7-8-10-18(17)16-21;1-3-6-9(2)10-7-4-5-8-10;;;/h1-16H;4,7,9H,3,5-6H2,1-2H3;2*1H;/q;;;;+2/p-2. The van der Waals surface area contributed by atoms with Gasteiger partial charge >= 0.3 is 213 Å². The molecule has 0 heterocycles. The predicted molar refractivity (Wildman–Crippen MR) is 141 cm³/mol. The molecule has 2 aliphatic rings. The van der Waals surface area contributed by atoms with Crippen LogP contribution in [0.15, 0.2) is 111 Å². The Morgan fingerprint density at radius 3 is 2.09 bits per heavy atom. The maximum atomic E-state index is 2.56. The van der Waals surface area contributed by atoms with Crippen LogP contribution in [0.5, 0.6) is 0 Å². The Morgan fingerprint density at radius 1 is 0.857 bits per heavy atom. The Labute approximate surface area is 236 Å². The molecule has 0 bridgehead atoms. The van der Waals surface area contributed by atoms with E-state index in [1.54, 1.807) is 16.5 Å². The number of allylic oxidation sites excluding steroid dienone is 5. The third kappa shape index (κ3) is 6.20. The molecule has 3 aromatic rings. The molecule has 2 atom stereocenters. The topological polar surface area (TPSA) is 0 Å². The summed E-state index contributed by atoms with van der Waals surface area (Å²) in [4.78, 5) is 0. The van der Waals surface area contributed by atoms with Crippen molar-refractivity contribution in [2.75, 3.05) is 0 Å². The summed E-state index contributed by atoms with van der Waals surface area (Å²) in [7, 11) is -0.534. The van der Waals surface area contributed by atoms with Crippen molar-refractivity contribution < 1.29 is 48.0 Å². The zero-order valence-corrected chi connectivity index (χ0v) is 25.2. The van der Waals surface area contributed by atoms with Crippen LogP contribution in [-0.2, 0) is 23.2 Å². The molecule has 0 amide bonds. The molecular weight excluding hydrogens is 565 g/mol. The van der Waals surface area contributed by atoms with E-state index in [1.807, 2.05) is 3.28 Å². The Hall–Kier alpha value is -1.23. The van der Waals surface area contributed by atoms with Gasteiger partial charge in [0.15, 0.2) is 0 Å². The van der Waals surface area contributed by atoms with Crippen molar-refractivity contribution in [2.45, 2.75) is 36.7 Å². The van der Waals surface area contributed by atoms with Crippen LogP contribution in [0.25, 0.3) is 6.08 Å². The van der Waals surface area contributed by atoms with Gasteiger partial charge < -0.3 is 24.8 Å². The largest absolute Gasteiger partial charge is 1.00 e. The summed E-state index contributed by atoms with van der Waals surface area (Å²) < 4.78 is 2.44. The van der Waals surface area contributed by atoms with Gasteiger partial charge in [-0.2, -0.15) is 0 Å². The number of halogens is 2. The first-order valence-electron chi connectivity index (χ1n) is 12.1. The molecular formula is C31H31Cl2PZr. The minimum atomic E-state index is -0.850. The number of hydrogen-bond acceptors (Lipinski definition) is 0. The summed E-state index contributed by atoms with van der Waals surface area (Å²) in [5.41, 5.74) is 4.71. The quantitative estimate of drug-likeness (QED) is 0.349. The van der Waals surface area contributed by atoms with Crippen molar-refractivity contribution in [1.82, 2.24) is 0 Å². The fraction of sp³-hybridized carbons (Fsp3) is 0.226. The molecule has 178 valence electrons. The van der Waals surface area contributed by atoms with E-state index in [9.17, 15) is 0 Å². The Balaban J connectivity index is 0.00000171. The summed E-state index contributed by atoms with van der Waals surface area (Å²) in [6, 6.07) is 31.7. The maximum Gasteiger partial charge on any atom is -1.00 e. The SMILES string of the molecule is CCCC(C)C1=[C]([Zr+2][CH]2C(P(c3ccccc3)c3ccccc3)=Cc3ccccc32)CC=C1.[Cl-].[Cl-]. The van der Waals surface area contributed by atoms with E-state index in [1.165, 1.54) is 35.4 Å². The van der Waals surface area contributed by atoms with Crippen LogP contribution in [0.2, 0.25) is 0 Å². The molecule has 4 heteroatoms. The molecule has 0 saturated carbocycles. The van der Waals surface area contributed by atoms with Gasteiger partial charge in [0.25, 0.3) is 0 Å². The van der Waals surface area contributed by atoms with E-state index in [2.05, 4.69) is 117 Å². The minimum Gasteiger partial charge on any atom is -1.00 e. The molecule has 2 aliphatic carbocycles. The van der Waals surface area contributed by atoms with Crippen LogP contribution in [0.4, 0.5) is 0 Å². The maximum absolute atomic E-state index is 2.56. The van der Waals surface area contributed by atoms with Gasteiger partial charge in [0, 0.05) is 0 Å². The zero-order valence-electron chi connectivity index (χ0n) is 20.3. The number of fused-ring (bicyclic) bond motifs is 1. The van der Waals surface area contributed by atoms with E-state index in [0.29, 0.717) is 9.54 Å². The van der Waals surface area contributed by atoms with Gasteiger partial charge in [-0.05, 0) is 0 Å². The summed E-state index contributed by atoms with van der Waals surface area (Å²) in [5, 5.41) is 4.62. The molecule has 0 fully saturated rings. The average Bonchev–Trinajstić information content (AvgIpc) is 3.46. The van der Waals surface area contributed by atoms with Crippen molar-refractivity contribution >= 4 is 24.6 Å². The molecule has 0 radical (unpaired) electrons. The first-order valence-corrected chi connectivity index (χ1v) is 16.1. The summed E-state index contributed by atoms with van der Waals surface area (Å²) in [6.07, 6.45) is 11.2. The van der Waals surface area contributed by atoms with E-state index < -0.39 is 31.2 Å². The van der Waals surface area contributed by atoms with Crippen LogP contribution in [0, 0.1) is 5.92 Å². The molecule has 0 spiro atoms. The van der Waals surface area contributed by atoms with Crippen molar-refractivity contribution in [1.29, 1.82) is 0 Å². The Bertz CT molecular complexity index is 1160. The van der Waals surface area contributed by atoms with Crippen LogP contribution in [0.1, 0.15) is 47.9 Å². The molecule has 0 nitrogen and oxygen atoms in total. The average molecular weight is 597 g/mol. The number of benzene rings is 3. The molecule has 0 aliphatic heterocycles. The monoisotopic (exact) mass is 594 g/mol. The molecule has 35 heavy (non-hydrogen) atoms. The fourth-order valence-corrected chi connectivity index (χ4v) is 13.2. The Morgan fingerprint density at radius 2 is 1.46 bits per heavy atom. The second-order valence-corrected chi connectivity index (χ2v) is 14.8. The zero-order chi connectivity index (χ0) is 22.6. The predicted octanol–water partition coefficient (Wildman–Crippen LogP) is 1.96. The first-order chi connectivity index (χ1) is 16.3. The van der Waals surface area contributed by atoms with Crippen LogP contribution < -0.4 is 35.4 Å². The molecule has 3 aromatic carbocycles. The molecule has 0 saturated heterocycles. The van der Waals surface area contributed by atoms with Gasteiger partial charge in [-0.1, -0.05) is 0 Å². The smallest absolute Gasteiger partial charge is 1.00 e. The van der Waals surface area contributed by atoms with Gasteiger partial charge in [0.1, 0.15) is 0 Å². The van der Waals surface area contributed by atoms with E-state index in [-0.39, 0.29) is 24.8 Å². The van der Waals surface area contributed by atoms with Gasteiger partial charge in [-0.15, -0.1) is 0 Å². The van der Waals surface area contributed by atoms with Gasteiger partial charge in [0.2, 0.25) is 0 Å². The van der Waals surface area contributed by atoms with Crippen LogP contribution in [-0.4, -0.2) is 0 Å². The van der Waals surface area contributed by atoms with Crippen molar-refractivity contribution in [2.24, 2.45) is 5.92 Å². The minimum absolute atomic E-state index is 0. The fourth-order valence-electron chi connectivity index (χ4n) is 5.14. The molecule has 5 rings (SSSR count). The summed E-state index contributed by atoms with van der Waals surface area (Å²) in [6.45, 7) is 4.75. The van der Waals surface area contributed by atoms with Gasteiger partial charge in [0.05, 0.1) is 0 Å². The second kappa shape index (κ2) is 13.4. The van der Waals surface area contributed by atoms with Crippen LogP contribution >= 0.6 is 7.92 Å². The summed E-state index contributed by atoms with van der Waals surface area (Å²) in [5.74, 6) is 0.693. The number of hydrogen-bond donors (Lipinski definition) is 0. The Kier molecular flexibility index (Phi) is 10.8. The number of rotatable bonds is 8. The van der Waals surface area contributed by atoms with Crippen LogP contribution in [0.3, 0.4) is 0 Å². The third-order valence-corrected chi connectivity index (χ3v) is 14.2. The van der Waals surface area contributed by atoms with E-state index in [4.69, 9.17) is 0 Å². The van der Waals surface area contributed by atoms with Crippen molar-refractivity contribution in [3.05, 3.63) is 122 Å². The van der Waals surface area contributed by atoms with Gasteiger partial charge in [-0.25, -0.2) is 0 Å². The van der Waals surface area contributed by atoms with Crippen molar-refractivity contribution in [3.63, 3.8) is 0 Å². The molecule has 2 unspecified atom stereocenters. The molecule has 0 N–H and O–H groups in total. The second-order valence-electron chi connectivity index (χ2n) is 9.01. The molecule has 0 aromatic heterocycles. The van der Waals surface area contributed by atoms with E-state index in [0.717, 1.165) is 0 Å². The van der Waals surface area contributed by atoms with E-state index >= 15 is 0 Å². The third-order valence-electron chi connectivity index (χ3n) is 6.73. The first kappa shape index (κ1) is 28.3. The van der Waals surface area contributed by atoms with Gasteiger partial charge in [-0.3, -0.25) is 0 Å². The van der Waals surface area contributed by atoms with Crippen molar-refractivity contribution in [3.8, 4) is 0 Å².